The molecule has 0 bridgehead atoms. The third-order valence-corrected chi connectivity index (χ3v) is 4.39. The highest BCUT2D eigenvalue weighted by Gasteiger charge is 2.26. The Kier molecular flexibility index (Phi) is 3.71. The molecule has 0 aromatic heterocycles. The summed E-state index contributed by atoms with van der Waals surface area (Å²) in [5.74, 6) is 1.55. The lowest BCUT2D eigenvalue weighted by atomic mass is 10.1. The number of carbonyl (C=O) groups excluding carboxylic acids is 1. The van der Waals surface area contributed by atoms with Crippen molar-refractivity contribution in [3.8, 4) is 11.5 Å². The molecule has 0 unspecified atom stereocenters. The monoisotopic (exact) mass is 298 g/mol. The first kappa shape index (κ1) is 13.8. The van der Waals surface area contributed by atoms with Gasteiger partial charge in [-0.1, -0.05) is 23.9 Å². The second-order valence-electron chi connectivity index (χ2n) is 4.58. The van der Waals surface area contributed by atoms with E-state index >= 15 is 0 Å². The number of Topliss-reactive ketones (excluding diaryl/α,β-unsaturated/α-hetero) is 1. The topological polar surface area (TPSA) is 35.5 Å². The molecule has 0 radical (unpaired) electrons. The van der Waals surface area contributed by atoms with Gasteiger partial charge in [0.05, 0.1) is 19.1 Å². The van der Waals surface area contributed by atoms with Gasteiger partial charge in [-0.2, -0.15) is 0 Å². The Hall–Kier alpha value is -2.20. The first-order valence-electron chi connectivity index (χ1n) is 6.47. The first-order valence-corrected chi connectivity index (χ1v) is 7.29. The standard InChI is InChI=1S/C17H14O3S/c1-19-12-5-3-11(4-6-12)9-16-17(18)14-10-13(20-2)7-8-15(14)21-16/h3-10H,1-2H3/b16-9+. The number of ether oxygens (including phenoxy) is 2. The zero-order chi connectivity index (χ0) is 14.8. The van der Waals surface area contributed by atoms with Crippen molar-refractivity contribution in [2.45, 2.75) is 4.90 Å². The van der Waals surface area contributed by atoms with E-state index in [4.69, 9.17) is 9.47 Å². The fourth-order valence-electron chi connectivity index (χ4n) is 2.15. The highest BCUT2D eigenvalue weighted by atomic mass is 32.2. The van der Waals surface area contributed by atoms with Crippen LogP contribution in [0.1, 0.15) is 15.9 Å². The molecule has 2 aromatic rings. The van der Waals surface area contributed by atoms with Crippen molar-refractivity contribution >= 4 is 23.6 Å². The summed E-state index contributed by atoms with van der Waals surface area (Å²) in [6.07, 6.45) is 1.90. The molecule has 0 N–H and O–H groups in total. The maximum absolute atomic E-state index is 12.4. The summed E-state index contributed by atoms with van der Waals surface area (Å²) in [4.78, 5) is 14.1. The van der Waals surface area contributed by atoms with Gasteiger partial charge in [-0.3, -0.25) is 4.79 Å². The maximum atomic E-state index is 12.4. The first-order chi connectivity index (χ1) is 10.2. The molecule has 0 saturated carbocycles. The summed E-state index contributed by atoms with van der Waals surface area (Å²) in [6, 6.07) is 13.2. The molecule has 0 amide bonds. The minimum absolute atomic E-state index is 0.0460. The number of ketones is 1. The molecule has 0 atom stereocenters. The molecule has 3 nitrogen and oxygen atoms in total. The van der Waals surface area contributed by atoms with Crippen LogP contribution in [-0.2, 0) is 0 Å². The van der Waals surface area contributed by atoms with Gasteiger partial charge < -0.3 is 9.47 Å². The van der Waals surface area contributed by atoms with Crippen LogP contribution in [0.3, 0.4) is 0 Å². The third-order valence-electron chi connectivity index (χ3n) is 3.29. The van der Waals surface area contributed by atoms with Gasteiger partial charge in [-0.05, 0) is 42.0 Å². The summed E-state index contributed by atoms with van der Waals surface area (Å²) >= 11 is 1.49. The van der Waals surface area contributed by atoms with Crippen LogP contribution in [0.4, 0.5) is 0 Å². The lowest BCUT2D eigenvalue weighted by molar-refractivity contribution is 0.104. The number of hydrogen-bond acceptors (Lipinski definition) is 4. The second-order valence-corrected chi connectivity index (χ2v) is 5.66. The zero-order valence-corrected chi connectivity index (χ0v) is 12.6. The Morgan fingerprint density at radius 3 is 2.29 bits per heavy atom. The number of carbonyl (C=O) groups is 1. The summed E-state index contributed by atoms with van der Waals surface area (Å²) in [7, 11) is 3.23. The molecule has 1 aliphatic rings. The van der Waals surface area contributed by atoms with Gasteiger partial charge in [0.25, 0.3) is 0 Å². The Balaban J connectivity index is 1.91. The van der Waals surface area contributed by atoms with Crippen molar-refractivity contribution in [1.82, 2.24) is 0 Å². The van der Waals surface area contributed by atoms with E-state index in [1.165, 1.54) is 11.8 Å². The lowest BCUT2D eigenvalue weighted by Crippen LogP contribution is -1.95. The van der Waals surface area contributed by atoms with E-state index in [1.54, 1.807) is 20.3 Å². The predicted octanol–water partition coefficient (Wildman–Crippen LogP) is 4.03. The molecule has 1 heterocycles. The average molecular weight is 298 g/mol. The Morgan fingerprint density at radius 2 is 1.62 bits per heavy atom. The van der Waals surface area contributed by atoms with Crippen LogP contribution in [0.15, 0.2) is 52.3 Å². The van der Waals surface area contributed by atoms with Crippen LogP contribution in [0.2, 0.25) is 0 Å². The second kappa shape index (κ2) is 5.66. The van der Waals surface area contributed by atoms with E-state index in [9.17, 15) is 4.79 Å². The highest BCUT2D eigenvalue weighted by Crippen LogP contribution is 2.42. The molecule has 3 rings (SSSR count). The summed E-state index contributed by atoms with van der Waals surface area (Å²) in [6.45, 7) is 0. The van der Waals surface area contributed by atoms with E-state index in [-0.39, 0.29) is 5.78 Å². The van der Waals surface area contributed by atoms with Crippen molar-refractivity contribution in [3.63, 3.8) is 0 Å². The molecule has 0 spiro atoms. The van der Waals surface area contributed by atoms with Crippen LogP contribution in [0, 0.1) is 0 Å². The minimum atomic E-state index is 0.0460. The summed E-state index contributed by atoms with van der Waals surface area (Å²) < 4.78 is 10.3. The molecule has 21 heavy (non-hydrogen) atoms. The van der Waals surface area contributed by atoms with Crippen molar-refractivity contribution in [3.05, 3.63) is 58.5 Å². The van der Waals surface area contributed by atoms with Crippen LogP contribution < -0.4 is 9.47 Å². The Morgan fingerprint density at radius 1 is 0.952 bits per heavy atom. The van der Waals surface area contributed by atoms with Gasteiger partial charge in [0.15, 0.2) is 0 Å². The molecule has 2 aromatic carbocycles. The number of rotatable bonds is 3. The van der Waals surface area contributed by atoms with Crippen molar-refractivity contribution in [2.24, 2.45) is 0 Å². The largest absolute Gasteiger partial charge is 0.497 e. The Labute approximate surface area is 127 Å². The molecular formula is C17H14O3S. The number of hydrogen-bond donors (Lipinski definition) is 0. The number of allylic oxidation sites excluding steroid dienone is 1. The summed E-state index contributed by atoms with van der Waals surface area (Å²) in [5, 5.41) is 0. The average Bonchev–Trinajstić information content (AvgIpc) is 2.84. The van der Waals surface area contributed by atoms with Gasteiger partial charge in [-0.25, -0.2) is 0 Å². The summed E-state index contributed by atoms with van der Waals surface area (Å²) in [5.41, 5.74) is 1.69. The predicted molar refractivity (Wildman–Crippen MR) is 84.2 cm³/mol. The van der Waals surface area contributed by atoms with Gasteiger partial charge in [-0.15, -0.1) is 0 Å². The zero-order valence-electron chi connectivity index (χ0n) is 11.8. The lowest BCUT2D eigenvalue weighted by Gasteiger charge is -2.00. The molecule has 0 saturated heterocycles. The van der Waals surface area contributed by atoms with Crippen LogP contribution in [0.5, 0.6) is 11.5 Å². The van der Waals surface area contributed by atoms with Crippen molar-refractivity contribution < 1.29 is 14.3 Å². The third kappa shape index (κ3) is 2.67. The van der Waals surface area contributed by atoms with E-state index in [1.807, 2.05) is 42.5 Å². The fourth-order valence-corrected chi connectivity index (χ4v) is 3.18. The maximum Gasteiger partial charge on any atom is 0.200 e. The number of methoxy groups -OCH3 is 2. The van der Waals surface area contributed by atoms with E-state index in [2.05, 4.69) is 0 Å². The minimum Gasteiger partial charge on any atom is -0.497 e. The highest BCUT2D eigenvalue weighted by molar-refractivity contribution is 8.04. The normalized spacial score (nSPS) is 15.1. The van der Waals surface area contributed by atoms with Crippen LogP contribution >= 0.6 is 11.8 Å². The smallest absolute Gasteiger partial charge is 0.200 e. The molecule has 106 valence electrons. The van der Waals surface area contributed by atoms with E-state index < -0.39 is 0 Å². The number of benzene rings is 2. The molecule has 4 heteroatoms. The van der Waals surface area contributed by atoms with Crippen LogP contribution in [0.25, 0.3) is 6.08 Å². The SMILES string of the molecule is COc1ccc(/C=C2/Sc3ccc(OC)cc3C2=O)cc1. The molecule has 0 fully saturated rings. The molecule has 0 aliphatic carbocycles. The van der Waals surface area contributed by atoms with E-state index in [0.717, 1.165) is 21.1 Å². The van der Waals surface area contributed by atoms with E-state index in [0.29, 0.717) is 11.3 Å². The van der Waals surface area contributed by atoms with Gasteiger partial charge in [0, 0.05) is 10.5 Å². The molecule has 1 aliphatic heterocycles. The molecular weight excluding hydrogens is 284 g/mol. The van der Waals surface area contributed by atoms with Crippen LogP contribution in [-0.4, -0.2) is 20.0 Å². The van der Waals surface area contributed by atoms with Gasteiger partial charge in [0.1, 0.15) is 11.5 Å². The number of thioether (sulfide) groups is 1. The van der Waals surface area contributed by atoms with Crippen molar-refractivity contribution in [2.75, 3.05) is 14.2 Å². The number of fused-ring (bicyclic) bond motifs is 1. The fraction of sp³-hybridized carbons (Fsp3) is 0.118. The quantitative estimate of drug-likeness (QED) is 0.801. The van der Waals surface area contributed by atoms with Gasteiger partial charge in [0.2, 0.25) is 5.78 Å². The van der Waals surface area contributed by atoms with Crippen molar-refractivity contribution in [1.29, 1.82) is 0 Å². The Bertz CT molecular complexity index is 717. The van der Waals surface area contributed by atoms with Gasteiger partial charge >= 0.3 is 0 Å².